The first-order valence-electron chi connectivity index (χ1n) is 14.0. The van der Waals surface area contributed by atoms with Crippen molar-refractivity contribution >= 4 is 73.1 Å². The maximum absolute atomic E-state index is 13.9. The van der Waals surface area contributed by atoms with Gasteiger partial charge >= 0.3 is 0 Å². The van der Waals surface area contributed by atoms with E-state index in [2.05, 4.69) is 41.6 Å². The van der Waals surface area contributed by atoms with Crippen LogP contribution >= 0.6 is 11.3 Å². The van der Waals surface area contributed by atoms with E-state index in [1.165, 1.54) is 11.3 Å². The Labute approximate surface area is 253 Å². The summed E-state index contributed by atoms with van der Waals surface area (Å²) in [5.41, 5.74) is 4.37. The van der Waals surface area contributed by atoms with Gasteiger partial charge in [-0.1, -0.05) is 85.5 Å². The van der Waals surface area contributed by atoms with Gasteiger partial charge in [0.05, 0.1) is 5.57 Å². The summed E-state index contributed by atoms with van der Waals surface area (Å²) in [5, 5.41) is 4.49. The fraction of sp³-hybridized carbons (Fsp3) is 0.0263. The molecule has 0 radical (unpaired) electrons. The Kier molecular flexibility index (Phi) is 6.65. The van der Waals surface area contributed by atoms with Gasteiger partial charge in [-0.15, -0.1) is 11.3 Å². The summed E-state index contributed by atoms with van der Waals surface area (Å²) in [4.78, 5) is 35.3. The highest BCUT2D eigenvalue weighted by atomic mass is 32.1. The highest BCUT2D eigenvalue weighted by molar-refractivity contribution is 7.17. The van der Waals surface area contributed by atoms with Gasteiger partial charge in [-0.05, 0) is 82.1 Å². The minimum atomic E-state index is -0.226. The number of carbonyl (C=O) groups is 2. The number of ketones is 2. The molecule has 0 spiro atoms. The van der Waals surface area contributed by atoms with Crippen molar-refractivity contribution in [3.05, 3.63) is 155 Å². The molecule has 43 heavy (non-hydrogen) atoms. The molecule has 0 saturated heterocycles. The summed E-state index contributed by atoms with van der Waals surface area (Å²) in [5.74, 6) is 0.316. The molecule has 4 nitrogen and oxygen atoms in total. The molecule has 0 amide bonds. The molecule has 6 aromatic rings. The molecule has 0 aliphatic heterocycles. The summed E-state index contributed by atoms with van der Waals surface area (Å²) >= 11 is 1.51. The molecule has 4 aromatic carbocycles. The zero-order chi connectivity index (χ0) is 29.5. The van der Waals surface area contributed by atoms with Gasteiger partial charge in [0.2, 0.25) is 0 Å². The Morgan fingerprint density at radius 2 is 1.42 bits per heavy atom. The van der Waals surface area contributed by atoms with Gasteiger partial charge in [0.15, 0.2) is 11.6 Å². The van der Waals surface area contributed by atoms with Gasteiger partial charge in [0.1, 0.15) is 10.8 Å². The number of hydrogen-bond acceptors (Lipinski definition) is 5. The van der Waals surface area contributed by atoms with E-state index in [0.717, 1.165) is 54.1 Å². The molecule has 0 bridgehead atoms. The van der Waals surface area contributed by atoms with E-state index in [1.807, 2.05) is 91.0 Å². The van der Waals surface area contributed by atoms with Gasteiger partial charge in [0.25, 0.3) is 0 Å². The SMILES string of the molecule is C=C/C=C\c1cc(N(c2ccccn2)c2ccc(C=C3C(=O)c4c(c5ccccc5c5ccccc45)C3=O)s2)ccc1C. The number of aryl methyl sites for hydroxylation is 1. The molecular weight excluding hydrogens is 548 g/mol. The predicted molar refractivity (Wildman–Crippen MR) is 179 cm³/mol. The standard InChI is InChI=1S/C38H26N2O2S/c1-3-4-11-25-22-26(18-17-24(25)2)40(33-16-9-10-21-39-33)34-20-19-27(43-34)23-32-37(41)35-30-14-7-5-12-28(30)29-13-6-8-15-31(29)36(35)38(32)42/h3-23H,1H2,2H3/b11-4-. The van der Waals surface area contributed by atoms with Crippen molar-refractivity contribution in [2.75, 3.05) is 4.90 Å². The van der Waals surface area contributed by atoms with Crippen molar-refractivity contribution < 1.29 is 9.59 Å². The number of benzene rings is 4. The normalized spacial score (nSPS) is 12.8. The monoisotopic (exact) mass is 574 g/mol. The molecule has 7 rings (SSSR count). The van der Waals surface area contributed by atoms with Crippen molar-refractivity contribution in [1.82, 2.24) is 4.98 Å². The number of aromatic nitrogens is 1. The molecule has 206 valence electrons. The third-order valence-corrected chi connectivity index (χ3v) is 8.82. The van der Waals surface area contributed by atoms with Gasteiger partial charge in [-0.3, -0.25) is 14.5 Å². The fourth-order valence-corrected chi connectivity index (χ4v) is 6.76. The Bertz CT molecular complexity index is 2080. The van der Waals surface area contributed by atoms with Crippen molar-refractivity contribution in [2.45, 2.75) is 6.92 Å². The first kappa shape index (κ1) is 26.5. The lowest BCUT2D eigenvalue weighted by Crippen LogP contribution is -2.10. The van der Waals surface area contributed by atoms with Crippen LogP contribution in [0, 0.1) is 6.92 Å². The molecule has 2 aromatic heterocycles. The van der Waals surface area contributed by atoms with Crippen LogP contribution in [-0.2, 0) is 0 Å². The van der Waals surface area contributed by atoms with Gasteiger partial charge in [-0.2, -0.15) is 0 Å². The summed E-state index contributed by atoms with van der Waals surface area (Å²) in [6, 6.07) is 31.7. The average Bonchev–Trinajstić information content (AvgIpc) is 3.60. The maximum atomic E-state index is 13.9. The largest absolute Gasteiger partial charge is 0.288 e. The zero-order valence-electron chi connectivity index (χ0n) is 23.5. The number of nitrogens with zero attached hydrogens (tertiary/aromatic N) is 2. The lowest BCUT2D eigenvalue weighted by molar-refractivity contribution is 0.0991. The van der Waals surface area contributed by atoms with E-state index in [9.17, 15) is 9.59 Å². The number of carbonyl (C=O) groups excluding carboxylic acids is 2. The number of fused-ring (bicyclic) bond motifs is 6. The van der Waals surface area contributed by atoms with E-state index >= 15 is 0 Å². The van der Waals surface area contributed by atoms with Gasteiger partial charge in [0, 0.05) is 27.9 Å². The summed E-state index contributed by atoms with van der Waals surface area (Å²) in [6.07, 6.45) is 9.23. The first-order valence-corrected chi connectivity index (χ1v) is 14.8. The van der Waals surface area contributed by atoms with E-state index < -0.39 is 0 Å². The van der Waals surface area contributed by atoms with Crippen molar-refractivity contribution in [3.63, 3.8) is 0 Å². The predicted octanol–water partition coefficient (Wildman–Crippen LogP) is 9.89. The highest BCUT2D eigenvalue weighted by Crippen LogP contribution is 2.42. The molecule has 5 heteroatoms. The molecule has 0 fully saturated rings. The molecule has 2 heterocycles. The fourth-order valence-electron chi connectivity index (χ4n) is 5.78. The molecule has 0 saturated carbocycles. The maximum Gasteiger partial charge on any atom is 0.198 e. The average molecular weight is 575 g/mol. The third kappa shape index (κ3) is 4.51. The smallest absolute Gasteiger partial charge is 0.198 e. The van der Waals surface area contributed by atoms with E-state index in [4.69, 9.17) is 0 Å². The van der Waals surface area contributed by atoms with Crippen LogP contribution in [0.5, 0.6) is 0 Å². The second-order valence-electron chi connectivity index (χ2n) is 10.4. The van der Waals surface area contributed by atoms with Crippen LogP contribution in [0.2, 0.25) is 0 Å². The van der Waals surface area contributed by atoms with E-state index in [-0.39, 0.29) is 17.1 Å². The minimum Gasteiger partial charge on any atom is -0.288 e. The summed E-state index contributed by atoms with van der Waals surface area (Å²) in [7, 11) is 0. The highest BCUT2D eigenvalue weighted by Gasteiger charge is 2.36. The number of Topliss-reactive ketones (excluding diaryl/α,β-unsaturated/α-hetero) is 2. The van der Waals surface area contributed by atoms with Crippen molar-refractivity contribution in [3.8, 4) is 0 Å². The number of rotatable bonds is 6. The topological polar surface area (TPSA) is 50.3 Å². The molecule has 1 aliphatic rings. The second-order valence-corrected chi connectivity index (χ2v) is 11.5. The Morgan fingerprint density at radius 3 is 2.05 bits per heavy atom. The second kappa shape index (κ2) is 10.8. The van der Waals surface area contributed by atoms with Crippen LogP contribution in [0.1, 0.15) is 36.7 Å². The first-order chi connectivity index (χ1) is 21.0. The van der Waals surface area contributed by atoms with Gasteiger partial charge in [-0.25, -0.2) is 4.98 Å². The number of pyridine rings is 1. The lowest BCUT2D eigenvalue weighted by Gasteiger charge is -2.23. The number of allylic oxidation sites excluding steroid dienone is 3. The summed E-state index contributed by atoms with van der Waals surface area (Å²) in [6.45, 7) is 5.87. The molecule has 1 aliphatic carbocycles. The third-order valence-electron chi connectivity index (χ3n) is 7.81. The Hall–Kier alpha value is -5.39. The van der Waals surface area contributed by atoms with Crippen LogP contribution < -0.4 is 4.90 Å². The van der Waals surface area contributed by atoms with E-state index in [1.54, 1.807) is 18.3 Å². The number of thiophene rings is 1. The quantitative estimate of drug-likeness (QED) is 0.0860. The number of hydrogen-bond donors (Lipinski definition) is 0. The van der Waals surface area contributed by atoms with Crippen LogP contribution in [-0.4, -0.2) is 16.6 Å². The lowest BCUT2D eigenvalue weighted by atomic mass is 9.93. The molecule has 0 unspecified atom stereocenters. The molecular formula is C38H26N2O2S. The van der Waals surface area contributed by atoms with Crippen molar-refractivity contribution in [2.24, 2.45) is 0 Å². The van der Waals surface area contributed by atoms with Crippen LogP contribution in [0.15, 0.2) is 128 Å². The van der Waals surface area contributed by atoms with Gasteiger partial charge < -0.3 is 0 Å². The minimum absolute atomic E-state index is 0.196. The van der Waals surface area contributed by atoms with E-state index in [0.29, 0.717) is 11.1 Å². The summed E-state index contributed by atoms with van der Waals surface area (Å²) < 4.78 is 0. The molecule has 0 atom stereocenters. The van der Waals surface area contributed by atoms with Crippen LogP contribution in [0.4, 0.5) is 16.5 Å². The number of anilines is 3. The Balaban J connectivity index is 1.33. The Morgan fingerprint density at radius 1 is 0.767 bits per heavy atom. The van der Waals surface area contributed by atoms with Crippen LogP contribution in [0.3, 0.4) is 0 Å². The molecule has 0 N–H and O–H groups in total. The van der Waals surface area contributed by atoms with Crippen LogP contribution in [0.25, 0.3) is 33.7 Å². The zero-order valence-corrected chi connectivity index (χ0v) is 24.3. The van der Waals surface area contributed by atoms with Crippen molar-refractivity contribution in [1.29, 1.82) is 0 Å².